The average molecular weight is 455 g/mol. The Morgan fingerprint density at radius 1 is 1.45 bits per heavy atom. The maximum absolute atomic E-state index is 14.0. The zero-order chi connectivity index (χ0) is 23.6. The van der Waals surface area contributed by atoms with Crippen LogP contribution >= 0.6 is 0 Å². The highest BCUT2D eigenvalue weighted by molar-refractivity contribution is 6.02. The molecule has 0 bridgehead atoms. The number of piperidine rings is 1. The fourth-order valence-electron chi connectivity index (χ4n) is 3.10. The van der Waals surface area contributed by atoms with Crippen molar-refractivity contribution in [2.45, 2.75) is 32.5 Å². The minimum Gasteiger partial charge on any atom is -0.488 e. The Bertz CT molecular complexity index is 1040. The molecular weight excluding hydrogens is 427 g/mol. The fourth-order valence-corrected chi connectivity index (χ4v) is 3.10. The summed E-state index contributed by atoms with van der Waals surface area (Å²) in [5.74, 6) is 1.07. The van der Waals surface area contributed by atoms with Crippen LogP contribution in [0, 0.1) is 0 Å². The first-order chi connectivity index (χ1) is 16.0. The SMILES string of the molecule is C=NC(=N/C=C(\C)C(=O)N[C@@H]1CNCC[C@@H]1F)c1cncc(Oc2ncccc2OCC)c1. The van der Waals surface area contributed by atoms with E-state index in [0.29, 0.717) is 54.6 Å². The Balaban J connectivity index is 1.73. The number of halogens is 1. The van der Waals surface area contributed by atoms with Crippen LogP contribution in [0.15, 0.2) is 58.5 Å². The highest BCUT2D eigenvalue weighted by atomic mass is 19.1. The van der Waals surface area contributed by atoms with Gasteiger partial charge in [0, 0.05) is 36.3 Å². The maximum Gasteiger partial charge on any atom is 0.262 e. The molecule has 2 atom stereocenters. The summed E-state index contributed by atoms with van der Waals surface area (Å²) in [6.07, 6.45) is 5.32. The number of amidine groups is 1. The van der Waals surface area contributed by atoms with Gasteiger partial charge in [-0.15, -0.1) is 0 Å². The highest BCUT2D eigenvalue weighted by Gasteiger charge is 2.26. The van der Waals surface area contributed by atoms with Crippen LogP contribution in [0.1, 0.15) is 25.8 Å². The van der Waals surface area contributed by atoms with Crippen LogP contribution in [0.4, 0.5) is 4.39 Å². The van der Waals surface area contributed by atoms with Crippen molar-refractivity contribution in [2.75, 3.05) is 19.7 Å². The number of carbonyl (C=O) groups is 1. The lowest BCUT2D eigenvalue weighted by molar-refractivity contribution is -0.118. The van der Waals surface area contributed by atoms with Crippen molar-refractivity contribution in [3.05, 3.63) is 54.1 Å². The molecule has 0 spiro atoms. The van der Waals surface area contributed by atoms with E-state index in [0.717, 1.165) is 0 Å². The molecule has 0 aromatic carbocycles. The first-order valence-corrected chi connectivity index (χ1v) is 10.6. The van der Waals surface area contributed by atoms with E-state index in [1.54, 1.807) is 37.5 Å². The molecule has 3 rings (SSSR count). The van der Waals surface area contributed by atoms with Gasteiger partial charge in [0.2, 0.25) is 5.91 Å². The normalized spacial score (nSPS) is 19.0. The maximum atomic E-state index is 14.0. The van der Waals surface area contributed by atoms with Crippen molar-refractivity contribution in [3.8, 4) is 17.4 Å². The van der Waals surface area contributed by atoms with Gasteiger partial charge in [-0.1, -0.05) is 0 Å². The molecule has 1 amide bonds. The number of aliphatic imine (C=N–C) groups is 2. The van der Waals surface area contributed by atoms with E-state index in [1.165, 1.54) is 12.4 Å². The van der Waals surface area contributed by atoms with Crippen molar-refractivity contribution in [3.63, 3.8) is 0 Å². The predicted octanol–water partition coefficient (Wildman–Crippen LogP) is 2.83. The number of pyridine rings is 2. The third kappa shape index (κ3) is 6.66. The quantitative estimate of drug-likeness (QED) is 0.361. The third-order valence-electron chi connectivity index (χ3n) is 4.82. The van der Waals surface area contributed by atoms with Gasteiger partial charge >= 0.3 is 0 Å². The summed E-state index contributed by atoms with van der Waals surface area (Å²) in [6.45, 7) is 8.48. The molecule has 1 aliphatic heterocycles. The topological polar surface area (TPSA) is 110 Å². The lowest BCUT2D eigenvalue weighted by Crippen LogP contribution is -2.52. The van der Waals surface area contributed by atoms with Gasteiger partial charge in [-0.05, 0) is 51.7 Å². The van der Waals surface area contributed by atoms with Crippen molar-refractivity contribution in [2.24, 2.45) is 9.98 Å². The molecule has 9 nitrogen and oxygen atoms in total. The number of ether oxygens (including phenoxy) is 2. The number of hydrogen-bond acceptors (Lipinski definition) is 7. The van der Waals surface area contributed by atoms with Crippen LogP contribution in [-0.4, -0.2) is 60.3 Å². The molecule has 2 aromatic rings. The Morgan fingerprint density at radius 3 is 3.06 bits per heavy atom. The number of nitrogens with zero attached hydrogens (tertiary/aromatic N) is 4. The molecular formula is C23H27FN6O3. The summed E-state index contributed by atoms with van der Waals surface area (Å²) < 4.78 is 25.3. The van der Waals surface area contributed by atoms with Crippen LogP contribution in [0.5, 0.6) is 17.4 Å². The molecule has 0 aliphatic carbocycles. The summed E-state index contributed by atoms with van der Waals surface area (Å²) in [7, 11) is 0. The molecule has 3 heterocycles. The molecule has 0 unspecified atom stereocenters. The molecule has 0 radical (unpaired) electrons. The van der Waals surface area contributed by atoms with E-state index in [1.807, 2.05) is 6.92 Å². The minimum absolute atomic E-state index is 0.244. The van der Waals surface area contributed by atoms with Crippen molar-refractivity contribution >= 4 is 18.5 Å². The number of carbonyl (C=O) groups excluding carboxylic acids is 1. The van der Waals surface area contributed by atoms with Crippen LogP contribution in [0.25, 0.3) is 0 Å². The zero-order valence-corrected chi connectivity index (χ0v) is 18.6. The van der Waals surface area contributed by atoms with E-state index in [-0.39, 0.29) is 5.84 Å². The number of nitrogens with one attached hydrogen (secondary N) is 2. The second kappa shape index (κ2) is 11.8. The van der Waals surface area contributed by atoms with Gasteiger partial charge in [0.15, 0.2) is 11.6 Å². The highest BCUT2D eigenvalue weighted by Crippen LogP contribution is 2.28. The van der Waals surface area contributed by atoms with Crippen LogP contribution in [0.2, 0.25) is 0 Å². The van der Waals surface area contributed by atoms with Crippen LogP contribution in [-0.2, 0) is 4.79 Å². The van der Waals surface area contributed by atoms with Gasteiger partial charge in [-0.25, -0.2) is 19.4 Å². The monoisotopic (exact) mass is 454 g/mol. The molecule has 1 fully saturated rings. The van der Waals surface area contributed by atoms with Gasteiger partial charge in [0.05, 0.1) is 18.8 Å². The molecule has 1 aliphatic rings. The Labute approximate surface area is 191 Å². The van der Waals surface area contributed by atoms with Gasteiger partial charge in [0.25, 0.3) is 5.88 Å². The Kier molecular flexibility index (Phi) is 8.59. The largest absolute Gasteiger partial charge is 0.488 e. The van der Waals surface area contributed by atoms with Crippen LogP contribution < -0.4 is 20.1 Å². The van der Waals surface area contributed by atoms with E-state index < -0.39 is 18.1 Å². The second-order valence-corrected chi connectivity index (χ2v) is 7.26. The summed E-state index contributed by atoms with van der Waals surface area (Å²) in [6, 6.07) is 4.62. The summed E-state index contributed by atoms with van der Waals surface area (Å²) in [4.78, 5) is 28.9. The lowest BCUT2D eigenvalue weighted by Gasteiger charge is -2.27. The van der Waals surface area contributed by atoms with Crippen molar-refractivity contribution < 1.29 is 18.7 Å². The molecule has 2 aromatic heterocycles. The van der Waals surface area contributed by atoms with Gasteiger partial charge in [0.1, 0.15) is 11.9 Å². The molecule has 10 heteroatoms. The number of aromatic nitrogens is 2. The standard InChI is InChI=1S/C23H27FN6O3/c1-4-32-20-6-5-8-28-23(20)33-17-10-16(12-27-13-17)21(25-3)29-11-15(2)22(31)30-19-14-26-9-7-18(19)24/h5-6,8,10-13,18-19,26H,3-4,7,9,14H2,1-2H3,(H,30,31)/b15-11+,29-21?/t18-,19+/m0/s1. The van der Waals surface area contributed by atoms with E-state index in [9.17, 15) is 9.18 Å². The average Bonchev–Trinajstić information content (AvgIpc) is 2.82. The molecule has 33 heavy (non-hydrogen) atoms. The second-order valence-electron chi connectivity index (χ2n) is 7.26. The van der Waals surface area contributed by atoms with Gasteiger partial charge in [-0.2, -0.15) is 0 Å². The van der Waals surface area contributed by atoms with E-state index in [4.69, 9.17) is 9.47 Å². The van der Waals surface area contributed by atoms with Gasteiger partial charge in [-0.3, -0.25) is 9.78 Å². The molecule has 174 valence electrons. The first kappa shape index (κ1) is 24.0. The molecule has 0 saturated carbocycles. The minimum atomic E-state index is -1.08. The van der Waals surface area contributed by atoms with Crippen molar-refractivity contribution in [1.82, 2.24) is 20.6 Å². The first-order valence-electron chi connectivity index (χ1n) is 10.6. The van der Waals surface area contributed by atoms with Crippen LogP contribution in [0.3, 0.4) is 0 Å². The third-order valence-corrected chi connectivity index (χ3v) is 4.82. The fraction of sp³-hybridized carbons (Fsp3) is 0.348. The number of amides is 1. The molecule has 2 N–H and O–H groups in total. The van der Waals surface area contributed by atoms with E-state index >= 15 is 0 Å². The Hall–Kier alpha value is -3.66. The molecule has 1 saturated heterocycles. The Morgan fingerprint density at radius 2 is 2.30 bits per heavy atom. The number of alkyl halides is 1. The summed E-state index contributed by atoms with van der Waals surface area (Å²) in [5, 5.41) is 5.76. The summed E-state index contributed by atoms with van der Waals surface area (Å²) >= 11 is 0. The van der Waals surface area contributed by atoms with E-state index in [2.05, 4.69) is 37.3 Å². The number of rotatable bonds is 8. The van der Waals surface area contributed by atoms with Crippen molar-refractivity contribution in [1.29, 1.82) is 0 Å². The van der Waals surface area contributed by atoms with Gasteiger partial charge < -0.3 is 20.1 Å². The number of hydrogen-bond donors (Lipinski definition) is 2. The smallest absolute Gasteiger partial charge is 0.262 e. The summed E-state index contributed by atoms with van der Waals surface area (Å²) in [5.41, 5.74) is 0.838. The lowest BCUT2D eigenvalue weighted by atomic mass is 10.1. The predicted molar refractivity (Wildman–Crippen MR) is 124 cm³/mol. The zero-order valence-electron chi connectivity index (χ0n) is 18.6.